The zero-order valence-electron chi connectivity index (χ0n) is 16.4. The fourth-order valence-corrected chi connectivity index (χ4v) is 2.34. The van der Waals surface area contributed by atoms with Crippen molar-refractivity contribution in [2.45, 2.75) is 60.9 Å². The first-order valence-electron chi connectivity index (χ1n) is 8.62. The van der Waals surface area contributed by atoms with Gasteiger partial charge in [0, 0.05) is 23.0 Å². The summed E-state index contributed by atoms with van der Waals surface area (Å²) < 4.78 is 0. The van der Waals surface area contributed by atoms with Crippen LogP contribution in [0.5, 0.6) is 0 Å². The zero-order valence-corrected chi connectivity index (χ0v) is 16.4. The van der Waals surface area contributed by atoms with Crippen molar-refractivity contribution in [2.24, 2.45) is 10.4 Å². The molecule has 0 spiro atoms. The van der Waals surface area contributed by atoms with E-state index in [1.54, 1.807) is 0 Å². The van der Waals surface area contributed by atoms with E-state index in [1.165, 1.54) is 16.7 Å². The van der Waals surface area contributed by atoms with Crippen molar-refractivity contribution in [1.82, 2.24) is 4.98 Å². The van der Waals surface area contributed by atoms with Crippen LogP contribution < -0.4 is 0 Å². The maximum absolute atomic E-state index is 5.23. The molecule has 0 aliphatic carbocycles. The average Bonchev–Trinajstić information content (AvgIpc) is 2.47. The molecule has 0 aliphatic heterocycles. The summed E-state index contributed by atoms with van der Waals surface area (Å²) >= 11 is 0. The molecule has 0 radical (unpaired) electrons. The molecule has 0 saturated carbocycles. The van der Waals surface area contributed by atoms with Gasteiger partial charge in [0.15, 0.2) is 0 Å². The Morgan fingerprint density at radius 1 is 0.917 bits per heavy atom. The largest absolute Gasteiger partial charge is 0.277 e. The van der Waals surface area contributed by atoms with Crippen molar-refractivity contribution in [3.63, 3.8) is 0 Å². The third-order valence-electron chi connectivity index (χ3n) is 5.24. The molecule has 0 amide bonds. The monoisotopic (exact) mass is 322 g/mol. The molecule has 128 valence electrons. The quantitative estimate of drug-likeness (QED) is 0.668. The molecule has 24 heavy (non-hydrogen) atoms. The third kappa shape index (κ3) is 3.75. The van der Waals surface area contributed by atoms with E-state index >= 15 is 0 Å². The fourth-order valence-electron chi connectivity index (χ4n) is 2.34. The second-order valence-electron chi connectivity index (χ2n) is 8.21. The van der Waals surface area contributed by atoms with Gasteiger partial charge in [0.25, 0.3) is 0 Å². The summed E-state index contributed by atoms with van der Waals surface area (Å²) in [6, 6.07) is 10.7. The van der Waals surface area contributed by atoms with E-state index in [2.05, 4.69) is 83.8 Å². The van der Waals surface area contributed by atoms with Crippen molar-refractivity contribution >= 4 is 5.71 Å². The predicted molar refractivity (Wildman–Crippen MR) is 104 cm³/mol. The summed E-state index contributed by atoms with van der Waals surface area (Å²) in [6.07, 6.45) is 1.95. The van der Waals surface area contributed by atoms with Gasteiger partial charge in [-0.1, -0.05) is 45.0 Å². The first kappa shape index (κ1) is 18.4. The lowest BCUT2D eigenvalue weighted by Crippen LogP contribution is -2.36. The van der Waals surface area contributed by atoms with Gasteiger partial charge in [-0.05, 0) is 57.2 Å². The van der Waals surface area contributed by atoms with Crippen molar-refractivity contribution in [3.8, 4) is 0 Å². The average molecular weight is 322 g/mol. The van der Waals surface area contributed by atoms with Gasteiger partial charge >= 0.3 is 0 Å². The summed E-state index contributed by atoms with van der Waals surface area (Å²) in [5.41, 5.74) is 6.67. The van der Waals surface area contributed by atoms with Gasteiger partial charge in [0.1, 0.15) is 0 Å². The lowest BCUT2D eigenvalue weighted by molar-refractivity contribution is 0.233. The third-order valence-corrected chi connectivity index (χ3v) is 5.24. The molecule has 0 N–H and O–H groups in total. The van der Waals surface area contributed by atoms with Gasteiger partial charge < -0.3 is 0 Å². The van der Waals surface area contributed by atoms with Gasteiger partial charge in [-0.25, -0.2) is 0 Å². The van der Waals surface area contributed by atoms with E-state index in [4.69, 9.17) is 4.99 Å². The molecule has 2 heteroatoms. The standard InChI is InChI=1S/C22H30N2/c1-15-11-9-10-12-19(15)20(24-22(7,8)21(4,5)6)18-13-16(2)17(3)23-14-18/h9-14H,1-8H3. The molecule has 2 rings (SSSR count). The Kier molecular flexibility index (Phi) is 4.98. The zero-order chi connectivity index (χ0) is 18.1. The van der Waals surface area contributed by atoms with Crippen molar-refractivity contribution < 1.29 is 0 Å². The number of benzene rings is 1. The smallest absolute Gasteiger partial charge is 0.0744 e. The van der Waals surface area contributed by atoms with Crippen molar-refractivity contribution in [3.05, 3.63) is 64.5 Å². The minimum Gasteiger partial charge on any atom is -0.277 e. The Morgan fingerprint density at radius 3 is 2.08 bits per heavy atom. The minimum absolute atomic E-state index is 0.0636. The van der Waals surface area contributed by atoms with Gasteiger partial charge in [0.2, 0.25) is 0 Å². The molecule has 2 nitrogen and oxygen atoms in total. The molecule has 0 unspecified atom stereocenters. The predicted octanol–water partition coefficient (Wildman–Crippen LogP) is 5.67. The molecule has 0 fully saturated rings. The molecule has 0 saturated heterocycles. The van der Waals surface area contributed by atoms with Crippen LogP contribution in [0.1, 0.15) is 62.6 Å². The number of pyridine rings is 1. The van der Waals surface area contributed by atoms with E-state index in [1.807, 2.05) is 13.1 Å². The number of hydrogen-bond acceptors (Lipinski definition) is 2. The Labute approximate surface area is 147 Å². The molecular weight excluding hydrogens is 292 g/mol. The highest BCUT2D eigenvalue weighted by atomic mass is 14.9. The summed E-state index contributed by atoms with van der Waals surface area (Å²) in [5, 5.41) is 0. The van der Waals surface area contributed by atoms with Crippen molar-refractivity contribution in [2.75, 3.05) is 0 Å². The van der Waals surface area contributed by atoms with Gasteiger partial charge in [-0.2, -0.15) is 0 Å². The molecule has 0 bridgehead atoms. The molecule has 0 aliphatic rings. The number of rotatable bonds is 3. The van der Waals surface area contributed by atoms with Crippen LogP contribution in [0.3, 0.4) is 0 Å². The Balaban J connectivity index is 2.71. The molecule has 1 aromatic carbocycles. The molecule has 0 atom stereocenters. The van der Waals surface area contributed by atoms with E-state index < -0.39 is 0 Å². The number of aryl methyl sites for hydroxylation is 3. The number of nitrogens with zero attached hydrogens (tertiary/aromatic N) is 2. The number of aliphatic imine (C=N–C) groups is 1. The Bertz CT molecular complexity index is 762. The van der Waals surface area contributed by atoms with Gasteiger partial charge in [0.05, 0.1) is 11.3 Å². The van der Waals surface area contributed by atoms with Crippen LogP contribution in [-0.4, -0.2) is 16.2 Å². The SMILES string of the molecule is Cc1ccccc1C(=NC(C)(C)C(C)(C)C)c1cnc(C)c(C)c1. The Hall–Kier alpha value is -1.96. The fraction of sp³-hybridized carbons (Fsp3) is 0.455. The topological polar surface area (TPSA) is 25.2 Å². The van der Waals surface area contributed by atoms with E-state index in [-0.39, 0.29) is 11.0 Å². The molecule has 1 heterocycles. The van der Waals surface area contributed by atoms with Crippen molar-refractivity contribution in [1.29, 1.82) is 0 Å². The van der Waals surface area contributed by atoms with Gasteiger partial charge in [-0.15, -0.1) is 0 Å². The van der Waals surface area contributed by atoms with E-state index in [9.17, 15) is 0 Å². The summed E-state index contributed by atoms with van der Waals surface area (Å²) in [6.45, 7) is 17.4. The molecule has 2 aromatic rings. The van der Waals surface area contributed by atoms with E-state index in [0.717, 1.165) is 17.0 Å². The summed E-state index contributed by atoms with van der Waals surface area (Å²) in [7, 11) is 0. The van der Waals surface area contributed by atoms with Crippen LogP contribution in [-0.2, 0) is 0 Å². The summed E-state index contributed by atoms with van der Waals surface area (Å²) in [5.74, 6) is 0. The molecular formula is C22H30N2. The highest BCUT2D eigenvalue weighted by Gasteiger charge is 2.33. The van der Waals surface area contributed by atoms with Crippen LogP contribution in [0.4, 0.5) is 0 Å². The van der Waals surface area contributed by atoms with Gasteiger partial charge in [-0.3, -0.25) is 9.98 Å². The first-order valence-corrected chi connectivity index (χ1v) is 8.62. The minimum atomic E-state index is -0.191. The van der Waals surface area contributed by atoms with E-state index in [0.29, 0.717) is 0 Å². The van der Waals surface area contributed by atoms with Crippen LogP contribution in [0, 0.1) is 26.2 Å². The maximum Gasteiger partial charge on any atom is 0.0744 e. The Morgan fingerprint density at radius 2 is 1.54 bits per heavy atom. The second kappa shape index (κ2) is 6.51. The first-order chi connectivity index (χ1) is 11.0. The lowest BCUT2D eigenvalue weighted by atomic mass is 9.76. The van der Waals surface area contributed by atoms with Crippen LogP contribution in [0.2, 0.25) is 0 Å². The van der Waals surface area contributed by atoms with Crippen LogP contribution >= 0.6 is 0 Å². The molecule has 1 aromatic heterocycles. The second-order valence-corrected chi connectivity index (χ2v) is 8.21. The maximum atomic E-state index is 5.23. The highest BCUT2D eigenvalue weighted by molar-refractivity contribution is 6.13. The lowest BCUT2D eigenvalue weighted by Gasteiger charge is -2.36. The normalized spacial score (nSPS) is 13.2. The summed E-state index contributed by atoms with van der Waals surface area (Å²) in [4.78, 5) is 9.79. The van der Waals surface area contributed by atoms with Crippen LogP contribution in [0.15, 0.2) is 41.5 Å². The van der Waals surface area contributed by atoms with Crippen LogP contribution in [0.25, 0.3) is 0 Å². The highest BCUT2D eigenvalue weighted by Crippen LogP contribution is 2.34. The number of hydrogen-bond donors (Lipinski definition) is 0. The number of aromatic nitrogens is 1.